The minimum atomic E-state index is 0.556. The van der Waals surface area contributed by atoms with E-state index in [0.29, 0.717) is 6.04 Å². The SMILES string of the molecule is CN1CCC(Nc2ccnc3nc[nH]c23)CC1. The number of aromatic amines is 1. The number of piperidine rings is 1. The average molecular weight is 231 g/mol. The van der Waals surface area contributed by atoms with E-state index < -0.39 is 0 Å². The summed E-state index contributed by atoms with van der Waals surface area (Å²) in [5.74, 6) is 0. The number of likely N-dealkylation sites (tertiary alicyclic amines) is 1. The molecule has 1 saturated heterocycles. The van der Waals surface area contributed by atoms with Crippen molar-refractivity contribution in [3.05, 3.63) is 18.6 Å². The van der Waals surface area contributed by atoms with Gasteiger partial charge in [0.1, 0.15) is 5.52 Å². The van der Waals surface area contributed by atoms with Gasteiger partial charge in [0, 0.05) is 12.2 Å². The predicted octanol–water partition coefficient (Wildman–Crippen LogP) is 1.46. The maximum absolute atomic E-state index is 4.22. The molecule has 1 aliphatic rings. The summed E-state index contributed by atoms with van der Waals surface area (Å²) in [5, 5.41) is 3.59. The summed E-state index contributed by atoms with van der Waals surface area (Å²) in [7, 11) is 2.18. The van der Waals surface area contributed by atoms with E-state index in [1.165, 1.54) is 12.8 Å². The Morgan fingerprint density at radius 1 is 1.35 bits per heavy atom. The summed E-state index contributed by atoms with van der Waals surface area (Å²) < 4.78 is 0. The molecule has 0 saturated carbocycles. The van der Waals surface area contributed by atoms with Crippen molar-refractivity contribution < 1.29 is 0 Å². The van der Waals surface area contributed by atoms with Crippen LogP contribution in [0, 0.1) is 0 Å². The van der Waals surface area contributed by atoms with Crippen LogP contribution in [0.3, 0.4) is 0 Å². The minimum absolute atomic E-state index is 0.556. The number of fused-ring (bicyclic) bond motifs is 1. The maximum atomic E-state index is 4.22. The van der Waals surface area contributed by atoms with Gasteiger partial charge in [-0.1, -0.05) is 0 Å². The minimum Gasteiger partial charge on any atom is -0.380 e. The van der Waals surface area contributed by atoms with E-state index in [4.69, 9.17) is 0 Å². The van der Waals surface area contributed by atoms with Crippen molar-refractivity contribution in [3.8, 4) is 0 Å². The molecule has 3 heterocycles. The van der Waals surface area contributed by atoms with Crippen LogP contribution in [0.1, 0.15) is 12.8 Å². The summed E-state index contributed by atoms with van der Waals surface area (Å²) in [6.07, 6.45) is 5.88. The van der Waals surface area contributed by atoms with E-state index in [1.54, 1.807) is 12.5 Å². The van der Waals surface area contributed by atoms with Crippen molar-refractivity contribution in [1.29, 1.82) is 0 Å². The Hall–Kier alpha value is -1.62. The van der Waals surface area contributed by atoms with Gasteiger partial charge in [-0.15, -0.1) is 0 Å². The number of H-pyrrole nitrogens is 1. The van der Waals surface area contributed by atoms with Crippen LogP contribution in [0.25, 0.3) is 11.2 Å². The van der Waals surface area contributed by atoms with E-state index in [9.17, 15) is 0 Å². The molecule has 1 aliphatic heterocycles. The zero-order valence-corrected chi connectivity index (χ0v) is 9.98. The Bertz CT molecular complexity index is 498. The molecule has 5 nitrogen and oxygen atoms in total. The van der Waals surface area contributed by atoms with Crippen molar-refractivity contribution in [3.63, 3.8) is 0 Å². The lowest BCUT2D eigenvalue weighted by atomic mass is 10.1. The number of nitrogens with zero attached hydrogens (tertiary/aromatic N) is 3. The van der Waals surface area contributed by atoms with Gasteiger partial charge in [0.15, 0.2) is 5.65 Å². The van der Waals surface area contributed by atoms with Crippen LogP contribution in [-0.4, -0.2) is 46.0 Å². The van der Waals surface area contributed by atoms with Gasteiger partial charge in [-0.3, -0.25) is 0 Å². The molecule has 0 radical (unpaired) electrons. The molecule has 3 rings (SSSR count). The summed E-state index contributed by atoms with van der Waals surface area (Å²) in [6, 6.07) is 2.57. The monoisotopic (exact) mass is 231 g/mol. The second kappa shape index (κ2) is 4.33. The first-order chi connectivity index (χ1) is 8.33. The summed E-state index contributed by atoms with van der Waals surface area (Å²) in [6.45, 7) is 2.32. The molecular weight excluding hydrogens is 214 g/mol. The average Bonchev–Trinajstić information content (AvgIpc) is 2.81. The predicted molar refractivity (Wildman–Crippen MR) is 68.0 cm³/mol. The normalized spacial score (nSPS) is 18.6. The lowest BCUT2D eigenvalue weighted by molar-refractivity contribution is 0.264. The van der Waals surface area contributed by atoms with Crippen LogP contribution >= 0.6 is 0 Å². The van der Waals surface area contributed by atoms with E-state index in [2.05, 4.69) is 32.2 Å². The Morgan fingerprint density at radius 3 is 3.00 bits per heavy atom. The molecule has 0 amide bonds. The van der Waals surface area contributed by atoms with Crippen molar-refractivity contribution >= 4 is 16.9 Å². The molecule has 1 fully saturated rings. The van der Waals surface area contributed by atoms with Crippen LogP contribution in [0.4, 0.5) is 5.69 Å². The van der Waals surface area contributed by atoms with Gasteiger partial charge in [0.25, 0.3) is 0 Å². The van der Waals surface area contributed by atoms with E-state index in [-0.39, 0.29) is 0 Å². The molecule has 5 heteroatoms. The highest BCUT2D eigenvalue weighted by Crippen LogP contribution is 2.21. The van der Waals surface area contributed by atoms with Crippen molar-refractivity contribution in [1.82, 2.24) is 19.9 Å². The third kappa shape index (κ3) is 2.10. The Labute approximate surface area is 100 Å². The molecule has 0 aliphatic carbocycles. The van der Waals surface area contributed by atoms with Gasteiger partial charge >= 0.3 is 0 Å². The molecular formula is C12H17N5. The Balaban J connectivity index is 1.78. The number of aromatic nitrogens is 3. The van der Waals surface area contributed by atoms with Crippen LogP contribution in [0.2, 0.25) is 0 Å². The molecule has 0 spiro atoms. The lowest BCUT2D eigenvalue weighted by Gasteiger charge is -2.30. The van der Waals surface area contributed by atoms with Gasteiger partial charge in [0.05, 0.1) is 12.0 Å². The number of nitrogens with one attached hydrogen (secondary N) is 2. The number of anilines is 1. The number of hydrogen-bond acceptors (Lipinski definition) is 4. The first-order valence-electron chi connectivity index (χ1n) is 6.06. The van der Waals surface area contributed by atoms with Crippen molar-refractivity contribution in [2.24, 2.45) is 0 Å². The standard InChI is InChI=1S/C12H17N5/c1-17-6-3-9(4-7-17)16-10-2-5-13-12-11(10)14-8-15-12/h2,5,8-9H,3-4,6-7H2,1H3,(H2,13,14,15,16). The molecule has 2 aromatic rings. The fraction of sp³-hybridized carbons (Fsp3) is 0.500. The highest BCUT2D eigenvalue weighted by Gasteiger charge is 2.17. The molecule has 2 N–H and O–H groups in total. The van der Waals surface area contributed by atoms with Gasteiger partial charge < -0.3 is 15.2 Å². The van der Waals surface area contributed by atoms with Crippen molar-refractivity contribution in [2.45, 2.75) is 18.9 Å². The topological polar surface area (TPSA) is 56.8 Å². The molecule has 0 aromatic carbocycles. The van der Waals surface area contributed by atoms with Crippen LogP contribution in [-0.2, 0) is 0 Å². The highest BCUT2D eigenvalue weighted by atomic mass is 15.1. The quantitative estimate of drug-likeness (QED) is 0.821. The van der Waals surface area contributed by atoms with Crippen LogP contribution in [0.5, 0.6) is 0 Å². The molecule has 2 aromatic heterocycles. The number of hydrogen-bond donors (Lipinski definition) is 2. The second-order valence-electron chi connectivity index (χ2n) is 4.68. The van der Waals surface area contributed by atoms with E-state index in [1.807, 2.05) is 6.07 Å². The number of pyridine rings is 1. The highest BCUT2D eigenvalue weighted by molar-refractivity contribution is 5.84. The summed E-state index contributed by atoms with van der Waals surface area (Å²) in [4.78, 5) is 13.9. The van der Waals surface area contributed by atoms with Crippen LogP contribution < -0.4 is 5.32 Å². The Kier molecular flexibility index (Phi) is 2.68. The van der Waals surface area contributed by atoms with Gasteiger partial charge in [0.2, 0.25) is 0 Å². The first-order valence-corrected chi connectivity index (χ1v) is 6.06. The third-order valence-electron chi connectivity index (χ3n) is 3.40. The molecule has 0 atom stereocenters. The summed E-state index contributed by atoms with van der Waals surface area (Å²) >= 11 is 0. The largest absolute Gasteiger partial charge is 0.380 e. The lowest BCUT2D eigenvalue weighted by Crippen LogP contribution is -2.36. The molecule has 90 valence electrons. The molecule has 17 heavy (non-hydrogen) atoms. The van der Waals surface area contributed by atoms with Gasteiger partial charge in [-0.05, 0) is 39.0 Å². The van der Waals surface area contributed by atoms with Gasteiger partial charge in [-0.25, -0.2) is 9.97 Å². The van der Waals surface area contributed by atoms with Crippen molar-refractivity contribution in [2.75, 3.05) is 25.5 Å². The van der Waals surface area contributed by atoms with Crippen LogP contribution in [0.15, 0.2) is 18.6 Å². The molecule has 0 unspecified atom stereocenters. The maximum Gasteiger partial charge on any atom is 0.179 e. The zero-order chi connectivity index (χ0) is 11.7. The third-order valence-corrected chi connectivity index (χ3v) is 3.40. The number of rotatable bonds is 2. The number of imidazole rings is 1. The zero-order valence-electron chi connectivity index (χ0n) is 9.98. The first kappa shape index (κ1) is 10.5. The second-order valence-corrected chi connectivity index (χ2v) is 4.68. The summed E-state index contributed by atoms with van der Waals surface area (Å²) in [5.41, 5.74) is 2.90. The van der Waals surface area contributed by atoms with E-state index >= 15 is 0 Å². The van der Waals surface area contributed by atoms with E-state index in [0.717, 1.165) is 29.9 Å². The fourth-order valence-corrected chi connectivity index (χ4v) is 2.34. The van der Waals surface area contributed by atoms with Gasteiger partial charge in [-0.2, -0.15) is 0 Å². The smallest absolute Gasteiger partial charge is 0.179 e. The fourth-order valence-electron chi connectivity index (χ4n) is 2.34. The molecule has 0 bridgehead atoms. The Morgan fingerprint density at radius 2 is 2.18 bits per heavy atom.